The number of alkyl halides is 1. The van der Waals surface area contributed by atoms with Crippen LogP contribution in [0.25, 0.3) is 0 Å². The van der Waals surface area contributed by atoms with Gasteiger partial charge in [-0.15, -0.1) is 6.42 Å². The van der Waals surface area contributed by atoms with Crippen molar-refractivity contribution in [1.82, 2.24) is 0 Å². The average molecular weight is 388 g/mol. The Bertz CT molecular complexity index is 419. The standard InChI is InChI=1S/C16H20Br2O/c1-3-5-6-7-13(17)16-9-12-8-11(4-2)14(18)10-15(12)19-16/h1,5-6,11-12,14-15H,4,7-10H2,2H3. The molecule has 0 aromatic rings. The topological polar surface area (TPSA) is 9.23 Å². The summed E-state index contributed by atoms with van der Waals surface area (Å²) in [6, 6.07) is 0. The number of allylic oxidation sites excluding steroid dienone is 4. The molecule has 1 nitrogen and oxygen atoms in total. The molecule has 4 unspecified atom stereocenters. The number of ether oxygens (including phenoxy) is 1. The van der Waals surface area contributed by atoms with E-state index in [4.69, 9.17) is 11.2 Å². The highest BCUT2D eigenvalue weighted by molar-refractivity contribution is 9.11. The van der Waals surface area contributed by atoms with E-state index in [2.05, 4.69) is 44.7 Å². The molecule has 0 aromatic heterocycles. The summed E-state index contributed by atoms with van der Waals surface area (Å²) in [6.07, 6.45) is 14.9. The van der Waals surface area contributed by atoms with Crippen molar-refractivity contribution < 1.29 is 4.74 Å². The number of hydrogen-bond donors (Lipinski definition) is 0. The van der Waals surface area contributed by atoms with Crippen LogP contribution in [0.5, 0.6) is 0 Å². The van der Waals surface area contributed by atoms with Gasteiger partial charge in [0, 0.05) is 28.1 Å². The smallest absolute Gasteiger partial charge is 0.107 e. The van der Waals surface area contributed by atoms with Crippen LogP contribution in [0.1, 0.15) is 39.0 Å². The Kier molecular flexibility index (Phi) is 5.59. The number of hydrogen-bond acceptors (Lipinski definition) is 1. The maximum absolute atomic E-state index is 6.14. The minimum absolute atomic E-state index is 0.395. The van der Waals surface area contributed by atoms with Crippen LogP contribution in [-0.4, -0.2) is 10.9 Å². The second-order valence-electron chi connectivity index (χ2n) is 5.38. The number of fused-ring (bicyclic) bond motifs is 1. The third-order valence-electron chi connectivity index (χ3n) is 4.18. The minimum Gasteiger partial charge on any atom is -0.494 e. The van der Waals surface area contributed by atoms with E-state index in [0.29, 0.717) is 16.8 Å². The Labute approximate surface area is 133 Å². The molecule has 0 spiro atoms. The van der Waals surface area contributed by atoms with Crippen molar-refractivity contribution in [1.29, 1.82) is 0 Å². The van der Waals surface area contributed by atoms with Gasteiger partial charge in [-0.2, -0.15) is 0 Å². The molecular weight excluding hydrogens is 368 g/mol. The van der Waals surface area contributed by atoms with Crippen molar-refractivity contribution in [3.05, 3.63) is 22.4 Å². The maximum atomic E-state index is 6.14. The molecule has 1 aliphatic carbocycles. The Hall–Kier alpha value is -0.200. The molecule has 0 radical (unpaired) electrons. The van der Waals surface area contributed by atoms with Gasteiger partial charge in [-0.25, -0.2) is 0 Å². The van der Waals surface area contributed by atoms with E-state index in [0.717, 1.165) is 35.4 Å². The summed E-state index contributed by atoms with van der Waals surface area (Å²) in [5.41, 5.74) is 0. The highest BCUT2D eigenvalue weighted by Crippen LogP contribution is 2.46. The lowest BCUT2D eigenvalue weighted by Crippen LogP contribution is -2.33. The molecule has 0 bridgehead atoms. The van der Waals surface area contributed by atoms with Gasteiger partial charge in [0.2, 0.25) is 0 Å². The lowest BCUT2D eigenvalue weighted by atomic mass is 9.78. The Morgan fingerprint density at radius 2 is 2.32 bits per heavy atom. The molecule has 0 aromatic carbocycles. The number of terminal acetylenes is 1. The summed E-state index contributed by atoms with van der Waals surface area (Å²) in [5, 5.41) is 0. The first-order valence-corrected chi connectivity index (χ1v) is 8.66. The number of rotatable bonds is 3. The van der Waals surface area contributed by atoms with Crippen LogP contribution in [0.4, 0.5) is 0 Å². The van der Waals surface area contributed by atoms with Crippen LogP contribution in [0.15, 0.2) is 22.4 Å². The first-order valence-electron chi connectivity index (χ1n) is 6.95. The quantitative estimate of drug-likeness (QED) is 0.480. The van der Waals surface area contributed by atoms with E-state index in [1.54, 1.807) is 6.08 Å². The van der Waals surface area contributed by atoms with Gasteiger partial charge in [-0.05, 0) is 24.8 Å². The van der Waals surface area contributed by atoms with Gasteiger partial charge < -0.3 is 4.74 Å². The summed E-state index contributed by atoms with van der Waals surface area (Å²) < 4.78 is 7.28. The van der Waals surface area contributed by atoms with Crippen LogP contribution in [-0.2, 0) is 4.74 Å². The van der Waals surface area contributed by atoms with Crippen LogP contribution in [0, 0.1) is 24.2 Å². The predicted octanol–water partition coefficient (Wildman–Crippen LogP) is 5.16. The zero-order chi connectivity index (χ0) is 13.8. The normalized spacial score (nSPS) is 36.7. The SMILES string of the molecule is C#CC=CCC(Br)=C1CC2CC(CC)C(Br)CC2O1. The van der Waals surface area contributed by atoms with E-state index >= 15 is 0 Å². The molecule has 3 heteroatoms. The Balaban J connectivity index is 2.01. The van der Waals surface area contributed by atoms with Gasteiger partial charge in [-0.1, -0.05) is 57.2 Å². The molecule has 19 heavy (non-hydrogen) atoms. The summed E-state index contributed by atoms with van der Waals surface area (Å²) in [4.78, 5) is 0.609. The van der Waals surface area contributed by atoms with Gasteiger partial charge in [0.1, 0.15) is 11.9 Å². The summed E-state index contributed by atoms with van der Waals surface area (Å²) in [6.45, 7) is 2.28. The molecule has 2 rings (SSSR count). The molecule has 1 saturated heterocycles. The third-order valence-corrected chi connectivity index (χ3v) is 6.07. The third kappa shape index (κ3) is 3.67. The first kappa shape index (κ1) is 15.2. The lowest BCUT2D eigenvalue weighted by Gasteiger charge is -2.33. The molecule has 2 aliphatic rings. The van der Waals surface area contributed by atoms with Gasteiger partial charge in [0.15, 0.2) is 0 Å². The van der Waals surface area contributed by atoms with Gasteiger partial charge >= 0.3 is 0 Å². The van der Waals surface area contributed by atoms with Crippen LogP contribution < -0.4 is 0 Å². The lowest BCUT2D eigenvalue weighted by molar-refractivity contribution is 0.0814. The fourth-order valence-corrected chi connectivity index (χ4v) is 4.46. The molecule has 0 N–H and O–H groups in total. The van der Waals surface area contributed by atoms with E-state index in [1.807, 2.05) is 6.08 Å². The molecule has 1 saturated carbocycles. The molecule has 0 amide bonds. The fourth-order valence-electron chi connectivity index (χ4n) is 3.06. The molecular formula is C16H20Br2O. The van der Waals surface area contributed by atoms with E-state index < -0.39 is 0 Å². The van der Waals surface area contributed by atoms with Crippen LogP contribution in [0.3, 0.4) is 0 Å². The van der Waals surface area contributed by atoms with E-state index in [-0.39, 0.29) is 0 Å². The summed E-state index contributed by atoms with van der Waals surface area (Å²) >= 11 is 7.46. The highest BCUT2D eigenvalue weighted by atomic mass is 79.9. The Morgan fingerprint density at radius 1 is 1.53 bits per heavy atom. The van der Waals surface area contributed by atoms with E-state index in [1.165, 1.54) is 12.8 Å². The molecule has 1 aliphatic heterocycles. The van der Waals surface area contributed by atoms with Crippen LogP contribution in [0.2, 0.25) is 0 Å². The second kappa shape index (κ2) is 6.99. The number of halogens is 2. The maximum Gasteiger partial charge on any atom is 0.107 e. The van der Waals surface area contributed by atoms with Crippen molar-refractivity contribution in [2.75, 3.05) is 0 Å². The van der Waals surface area contributed by atoms with Gasteiger partial charge in [0.05, 0.1) is 0 Å². The van der Waals surface area contributed by atoms with Crippen molar-refractivity contribution in [2.45, 2.75) is 50.0 Å². The Morgan fingerprint density at radius 3 is 3.00 bits per heavy atom. The average Bonchev–Trinajstić information content (AvgIpc) is 2.80. The zero-order valence-electron chi connectivity index (χ0n) is 11.2. The van der Waals surface area contributed by atoms with Crippen molar-refractivity contribution in [2.24, 2.45) is 11.8 Å². The summed E-state index contributed by atoms with van der Waals surface area (Å²) in [5.74, 6) is 5.13. The summed E-state index contributed by atoms with van der Waals surface area (Å²) in [7, 11) is 0. The predicted molar refractivity (Wildman–Crippen MR) is 87.3 cm³/mol. The van der Waals surface area contributed by atoms with Crippen molar-refractivity contribution >= 4 is 31.9 Å². The molecule has 104 valence electrons. The van der Waals surface area contributed by atoms with E-state index in [9.17, 15) is 0 Å². The minimum atomic E-state index is 0.395. The van der Waals surface area contributed by atoms with Crippen molar-refractivity contribution in [3.8, 4) is 12.3 Å². The monoisotopic (exact) mass is 386 g/mol. The van der Waals surface area contributed by atoms with Gasteiger partial charge in [0.25, 0.3) is 0 Å². The molecule has 1 heterocycles. The fraction of sp³-hybridized carbons (Fsp3) is 0.625. The first-order chi connectivity index (χ1) is 9.15. The zero-order valence-corrected chi connectivity index (χ0v) is 14.4. The van der Waals surface area contributed by atoms with Gasteiger partial charge in [-0.3, -0.25) is 0 Å². The highest BCUT2D eigenvalue weighted by Gasteiger charge is 2.41. The van der Waals surface area contributed by atoms with Crippen molar-refractivity contribution in [3.63, 3.8) is 0 Å². The second-order valence-corrected chi connectivity index (χ2v) is 7.51. The largest absolute Gasteiger partial charge is 0.494 e. The van der Waals surface area contributed by atoms with Crippen LogP contribution >= 0.6 is 31.9 Å². The molecule has 4 atom stereocenters. The molecule has 2 fully saturated rings.